The Hall–Kier alpha value is -1.59. The molecule has 1 rings (SSSR count). The number of hydrogen-bond acceptors (Lipinski definition) is 5. The third-order valence-electron chi connectivity index (χ3n) is 2.86. The first-order chi connectivity index (χ1) is 9.01. The van der Waals surface area contributed by atoms with Crippen LogP contribution in [0, 0.1) is 0 Å². The number of aliphatic hydroxyl groups is 1. The van der Waals surface area contributed by atoms with Gasteiger partial charge in [0.1, 0.15) is 5.75 Å². The van der Waals surface area contributed by atoms with Crippen LogP contribution in [0.2, 0.25) is 0 Å². The van der Waals surface area contributed by atoms with E-state index >= 15 is 0 Å². The Morgan fingerprint density at radius 1 is 1.37 bits per heavy atom. The molecule has 0 bridgehead atoms. The largest absolute Gasteiger partial charge is 0.496 e. The van der Waals surface area contributed by atoms with Gasteiger partial charge in [-0.1, -0.05) is 18.2 Å². The van der Waals surface area contributed by atoms with E-state index in [2.05, 4.69) is 10.1 Å². The molecule has 0 heterocycles. The SMILES string of the molecule is COC(=O)C(C)(O)CNCCc1ccccc1OC. The first-order valence-electron chi connectivity index (χ1n) is 6.14. The van der Waals surface area contributed by atoms with E-state index in [0.717, 1.165) is 17.7 Å². The fraction of sp³-hybridized carbons (Fsp3) is 0.500. The Balaban J connectivity index is 2.41. The Labute approximate surface area is 113 Å². The maximum Gasteiger partial charge on any atom is 0.338 e. The molecule has 0 aliphatic carbocycles. The second-order valence-electron chi connectivity index (χ2n) is 4.50. The number of carbonyl (C=O) groups excluding carboxylic acids is 1. The van der Waals surface area contributed by atoms with E-state index in [9.17, 15) is 9.90 Å². The molecule has 0 spiro atoms. The minimum absolute atomic E-state index is 0.148. The lowest BCUT2D eigenvalue weighted by molar-refractivity contribution is -0.159. The van der Waals surface area contributed by atoms with Crippen molar-refractivity contribution in [2.45, 2.75) is 18.9 Å². The van der Waals surface area contributed by atoms with E-state index in [1.807, 2.05) is 24.3 Å². The zero-order valence-electron chi connectivity index (χ0n) is 11.6. The third-order valence-corrected chi connectivity index (χ3v) is 2.86. The van der Waals surface area contributed by atoms with Gasteiger partial charge in [0.25, 0.3) is 0 Å². The highest BCUT2D eigenvalue weighted by Crippen LogP contribution is 2.17. The van der Waals surface area contributed by atoms with Gasteiger partial charge in [0.15, 0.2) is 5.60 Å². The minimum atomic E-state index is -1.50. The van der Waals surface area contributed by atoms with Crippen LogP contribution < -0.4 is 10.1 Å². The molecular weight excluding hydrogens is 246 g/mol. The van der Waals surface area contributed by atoms with Crippen molar-refractivity contribution in [2.75, 3.05) is 27.3 Å². The summed E-state index contributed by atoms with van der Waals surface area (Å²) in [5.41, 5.74) is -0.426. The number of hydrogen-bond donors (Lipinski definition) is 2. The topological polar surface area (TPSA) is 67.8 Å². The second kappa shape index (κ2) is 7.11. The lowest BCUT2D eigenvalue weighted by Crippen LogP contribution is -2.46. The van der Waals surface area contributed by atoms with Gasteiger partial charge >= 0.3 is 5.97 Å². The summed E-state index contributed by atoms with van der Waals surface area (Å²) in [5.74, 6) is 0.196. The normalized spacial score (nSPS) is 13.7. The van der Waals surface area contributed by atoms with Gasteiger partial charge in [-0.3, -0.25) is 0 Å². The van der Waals surface area contributed by atoms with Crippen LogP contribution in [0.25, 0.3) is 0 Å². The summed E-state index contributed by atoms with van der Waals surface area (Å²) in [6, 6.07) is 7.75. The fourth-order valence-electron chi connectivity index (χ4n) is 1.76. The van der Waals surface area contributed by atoms with Crippen molar-refractivity contribution in [3.8, 4) is 5.75 Å². The molecule has 5 nitrogen and oxygen atoms in total. The molecule has 1 aromatic carbocycles. The quantitative estimate of drug-likeness (QED) is 0.563. The van der Waals surface area contributed by atoms with E-state index in [1.54, 1.807) is 7.11 Å². The van der Waals surface area contributed by atoms with Gasteiger partial charge in [0.2, 0.25) is 0 Å². The van der Waals surface area contributed by atoms with Gasteiger partial charge in [-0.15, -0.1) is 0 Å². The summed E-state index contributed by atoms with van der Waals surface area (Å²) in [7, 11) is 2.89. The summed E-state index contributed by atoms with van der Waals surface area (Å²) in [5, 5.41) is 12.9. The first-order valence-corrected chi connectivity index (χ1v) is 6.14. The van der Waals surface area contributed by atoms with Gasteiger partial charge in [-0.25, -0.2) is 4.79 Å². The third kappa shape index (κ3) is 4.54. The molecule has 0 saturated heterocycles. The Morgan fingerprint density at radius 3 is 2.68 bits per heavy atom. The van der Waals surface area contributed by atoms with E-state index in [0.29, 0.717) is 6.54 Å². The van der Waals surface area contributed by atoms with Crippen molar-refractivity contribution >= 4 is 5.97 Å². The molecule has 5 heteroatoms. The summed E-state index contributed by atoms with van der Waals surface area (Å²) < 4.78 is 9.77. The van der Waals surface area contributed by atoms with Gasteiger partial charge in [-0.2, -0.15) is 0 Å². The molecule has 2 N–H and O–H groups in total. The lowest BCUT2D eigenvalue weighted by atomic mass is 10.1. The smallest absolute Gasteiger partial charge is 0.338 e. The van der Waals surface area contributed by atoms with Crippen LogP contribution in [-0.4, -0.2) is 44.0 Å². The van der Waals surface area contributed by atoms with Gasteiger partial charge < -0.3 is 19.9 Å². The number of methoxy groups -OCH3 is 2. The van der Waals surface area contributed by atoms with Crippen LogP contribution in [0.15, 0.2) is 24.3 Å². The maximum absolute atomic E-state index is 11.3. The van der Waals surface area contributed by atoms with Gasteiger partial charge in [0.05, 0.1) is 14.2 Å². The van der Waals surface area contributed by atoms with Crippen LogP contribution in [0.5, 0.6) is 5.75 Å². The molecule has 0 aromatic heterocycles. The average Bonchev–Trinajstić information content (AvgIpc) is 2.43. The van der Waals surface area contributed by atoms with Gasteiger partial charge in [0, 0.05) is 6.54 Å². The van der Waals surface area contributed by atoms with Crippen LogP contribution in [0.3, 0.4) is 0 Å². The molecule has 1 unspecified atom stereocenters. The van der Waals surface area contributed by atoms with Crippen molar-refractivity contribution in [1.29, 1.82) is 0 Å². The molecule has 106 valence electrons. The van der Waals surface area contributed by atoms with E-state index < -0.39 is 11.6 Å². The van der Waals surface area contributed by atoms with Crippen LogP contribution in [0.1, 0.15) is 12.5 Å². The lowest BCUT2D eigenvalue weighted by Gasteiger charge is -2.20. The zero-order valence-corrected chi connectivity index (χ0v) is 11.6. The van der Waals surface area contributed by atoms with Crippen LogP contribution >= 0.6 is 0 Å². The number of benzene rings is 1. The van der Waals surface area contributed by atoms with Crippen molar-refractivity contribution in [2.24, 2.45) is 0 Å². The number of para-hydroxylation sites is 1. The van der Waals surface area contributed by atoms with Crippen molar-refractivity contribution < 1.29 is 19.4 Å². The van der Waals surface area contributed by atoms with Crippen molar-refractivity contribution in [1.82, 2.24) is 5.32 Å². The molecule has 0 amide bonds. The monoisotopic (exact) mass is 267 g/mol. The highest BCUT2D eigenvalue weighted by atomic mass is 16.5. The highest BCUT2D eigenvalue weighted by Gasteiger charge is 2.30. The second-order valence-corrected chi connectivity index (χ2v) is 4.50. The van der Waals surface area contributed by atoms with E-state index in [4.69, 9.17) is 4.74 Å². The first kappa shape index (κ1) is 15.5. The number of carbonyl (C=O) groups is 1. The van der Waals surface area contributed by atoms with E-state index in [-0.39, 0.29) is 6.54 Å². The molecule has 19 heavy (non-hydrogen) atoms. The molecule has 0 saturated carbocycles. The van der Waals surface area contributed by atoms with E-state index in [1.165, 1.54) is 14.0 Å². The fourth-order valence-corrected chi connectivity index (χ4v) is 1.76. The standard InChI is InChI=1S/C14H21NO4/c1-14(17,13(16)19-3)10-15-9-8-11-6-4-5-7-12(11)18-2/h4-7,15,17H,8-10H2,1-3H3. The van der Waals surface area contributed by atoms with Crippen LogP contribution in [0.4, 0.5) is 0 Å². The predicted octanol–water partition coefficient (Wildman–Crippen LogP) is 0.751. The highest BCUT2D eigenvalue weighted by molar-refractivity contribution is 5.78. The summed E-state index contributed by atoms with van der Waals surface area (Å²) in [6.07, 6.45) is 0.751. The average molecular weight is 267 g/mol. The number of esters is 1. The number of ether oxygens (including phenoxy) is 2. The Bertz CT molecular complexity index is 418. The van der Waals surface area contributed by atoms with Crippen molar-refractivity contribution in [3.05, 3.63) is 29.8 Å². The van der Waals surface area contributed by atoms with Gasteiger partial charge in [-0.05, 0) is 31.5 Å². The molecule has 0 fully saturated rings. The molecule has 0 aliphatic rings. The zero-order chi connectivity index (χ0) is 14.3. The summed E-state index contributed by atoms with van der Waals surface area (Å²) in [4.78, 5) is 11.3. The van der Waals surface area contributed by atoms with Crippen LogP contribution in [-0.2, 0) is 16.0 Å². The summed E-state index contributed by atoms with van der Waals surface area (Å²) >= 11 is 0. The maximum atomic E-state index is 11.3. The summed E-state index contributed by atoms with van der Waals surface area (Å²) in [6.45, 7) is 2.21. The number of rotatable bonds is 7. The Kier molecular flexibility index (Phi) is 5.79. The molecule has 0 aliphatic heterocycles. The minimum Gasteiger partial charge on any atom is -0.496 e. The Morgan fingerprint density at radius 2 is 2.05 bits per heavy atom. The molecule has 0 radical (unpaired) electrons. The molecule has 1 aromatic rings. The molecular formula is C14H21NO4. The number of nitrogens with one attached hydrogen (secondary N) is 1. The molecule has 1 atom stereocenters. The predicted molar refractivity (Wildman–Crippen MR) is 72.2 cm³/mol. The van der Waals surface area contributed by atoms with Crippen molar-refractivity contribution in [3.63, 3.8) is 0 Å².